The first-order valence-electron chi connectivity index (χ1n) is 14.3. The number of aliphatic carboxylic acids is 2. The van der Waals surface area contributed by atoms with Crippen LogP contribution in [0, 0.1) is 13.8 Å². The Kier molecular flexibility index (Phi) is 7.76. The SMILES string of the molecule is C=CC1=C(C)c2cc3c(cc4[nH]c(c2)c(C)c4CCC(=O)O)C(CCC(=O)O)=C(C)/C3=C/c2[nH]c(c(C)c2C=C)C=C1N. The largest absolute Gasteiger partial charge is 0.481 e. The van der Waals surface area contributed by atoms with Gasteiger partial charge in [-0.2, -0.15) is 0 Å². The van der Waals surface area contributed by atoms with Gasteiger partial charge in [-0.15, -0.1) is 0 Å². The Labute approximate surface area is 251 Å². The molecule has 6 bridgehead atoms. The maximum absolute atomic E-state index is 11.7. The van der Waals surface area contributed by atoms with E-state index in [9.17, 15) is 19.8 Å². The van der Waals surface area contributed by atoms with Crippen molar-refractivity contribution in [2.24, 2.45) is 5.73 Å². The molecule has 0 aromatic carbocycles. The van der Waals surface area contributed by atoms with Crippen molar-refractivity contribution in [2.75, 3.05) is 0 Å². The Morgan fingerprint density at radius 1 is 0.814 bits per heavy atom. The standard InChI is InChI=1S/C36H37N3O4/c1-7-23-18(3)22-13-28-27(15-33-24(8-2)20(5)32(39-33)17-30(23)37)19(4)25(9-11-35(40)41)29(28)16-34-26(10-12-36(42)43)21(6)31(14-22)38-34/h7-8,13-17,38-39H,1-2,9-12,37H2,3-6H3,(H,40,41)(H,42,43)/b22-13?,22-14?,22-18?,23-18?,27-15-,28-13?,29-16?,30-17?,30-23?,31-14?,32-17?,33-15?,34-16?. The molecule has 0 fully saturated rings. The van der Waals surface area contributed by atoms with Crippen LogP contribution in [0.5, 0.6) is 0 Å². The van der Waals surface area contributed by atoms with E-state index in [4.69, 9.17) is 5.73 Å². The summed E-state index contributed by atoms with van der Waals surface area (Å²) >= 11 is 0. The molecule has 3 aromatic heterocycles. The molecule has 0 saturated heterocycles. The minimum Gasteiger partial charge on any atom is -0.481 e. The quantitative estimate of drug-likeness (QED) is 0.187. The number of hydrogen-bond acceptors (Lipinski definition) is 3. The monoisotopic (exact) mass is 575 g/mol. The number of hydrogen-bond donors (Lipinski definition) is 5. The Hall–Kier alpha value is -5.04. The average Bonchev–Trinajstić information content (AvgIpc) is 3.51. The van der Waals surface area contributed by atoms with Gasteiger partial charge in [0.25, 0.3) is 0 Å². The Morgan fingerprint density at radius 2 is 1.51 bits per heavy atom. The molecule has 0 unspecified atom stereocenters. The van der Waals surface area contributed by atoms with Crippen LogP contribution >= 0.6 is 0 Å². The van der Waals surface area contributed by atoms with E-state index in [1.807, 2.05) is 39.8 Å². The van der Waals surface area contributed by atoms with E-state index in [1.165, 1.54) is 0 Å². The molecular weight excluding hydrogens is 538 g/mol. The third-order valence-corrected chi connectivity index (χ3v) is 8.79. The molecule has 1 aliphatic carbocycles. The molecule has 6 N–H and O–H groups in total. The predicted molar refractivity (Wildman–Crippen MR) is 176 cm³/mol. The number of rotatable bonds is 8. The molecule has 7 nitrogen and oxygen atoms in total. The molecule has 2 aliphatic rings. The number of carboxylic acids is 2. The summed E-state index contributed by atoms with van der Waals surface area (Å²) in [6.45, 7) is 16.2. The number of fused-ring (bicyclic) bond motifs is 5. The zero-order chi connectivity index (χ0) is 31.2. The predicted octanol–water partition coefficient (Wildman–Crippen LogP) is 7.80. The highest BCUT2D eigenvalue weighted by Gasteiger charge is 2.26. The lowest BCUT2D eigenvalue weighted by Crippen LogP contribution is -2.02. The number of aromatic nitrogens is 2. The molecule has 5 rings (SSSR count). The van der Waals surface area contributed by atoms with Gasteiger partial charge < -0.3 is 25.9 Å². The second kappa shape index (κ2) is 11.3. The summed E-state index contributed by atoms with van der Waals surface area (Å²) in [6, 6.07) is 6.29. The second-order valence-electron chi connectivity index (χ2n) is 11.3. The molecule has 0 radical (unpaired) electrons. The number of H-pyrrole nitrogens is 2. The Morgan fingerprint density at radius 3 is 2.16 bits per heavy atom. The fourth-order valence-corrected chi connectivity index (χ4v) is 6.34. The maximum Gasteiger partial charge on any atom is 0.303 e. The van der Waals surface area contributed by atoms with Crippen molar-refractivity contribution in [1.29, 1.82) is 0 Å². The highest BCUT2D eigenvalue weighted by molar-refractivity contribution is 6.06. The molecule has 0 saturated carbocycles. The molecule has 7 heteroatoms. The number of carbonyl (C=O) groups is 2. The van der Waals surface area contributed by atoms with Crippen LogP contribution in [0.1, 0.15) is 83.4 Å². The van der Waals surface area contributed by atoms with E-state index in [1.54, 1.807) is 6.08 Å². The van der Waals surface area contributed by atoms with Crippen LogP contribution in [-0.4, -0.2) is 32.1 Å². The molecule has 220 valence electrons. The first kappa shape index (κ1) is 29.5. The topological polar surface area (TPSA) is 132 Å². The zero-order valence-electron chi connectivity index (χ0n) is 25.1. The van der Waals surface area contributed by atoms with Crippen molar-refractivity contribution in [2.45, 2.75) is 53.4 Å². The van der Waals surface area contributed by atoms with Crippen LogP contribution in [-0.2, 0) is 16.0 Å². The van der Waals surface area contributed by atoms with Gasteiger partial charge in [-0.25, -0.2) is 0 Å². The van der Waals surface area contributed by atoms with E-state index >= 15 is 0 Å². The van der Waals surface area contributed by atoms with E-state index in [0.29, 0.717) is 18.5 Å². The van der Waals surface area contributed by atoms with Gasteiger partial charge in [0, 0.05) is 52.1 Å². The summed E-state index contributed by atoms with van der Waals surface area (Å²) in [6.07, 6.45) is 8.33. The van der Waals surface area contributed by atoms with Gasteiger partial charge in [0.2, 0.25) is 0 Å². The number of nitrogens with one attached hydrogen (secondary N) is 2. The van der Waals surface area contributed by atoms with Crippen molar-refractivity contribution in [1.82, 2.24) is 9.97 Å². The highest BCUT2D eigenvalue weighted by Crippen LogP contribution is 2.46. The molecule has 43 heavy (non-hydrogen) atoms. The van der Waals surface area contributed by atoms with Crippen molar-refractivity contribution in [3.63, 3.8) is 0 Å². The zero-order valence-corrected chi connectivity index (χ0v) is 25.1. The minimum atomic E-state index is -0.868. The molecule has 4 heterocycles. The van der Waals surface area contributed by atoms with E-state index in [2.05, 4.69) is 47.4 Å². The summed E-state index contributed by atoms with van der Waals surface area (Å²) in [5, 5.41) is 19.1. The summed E-state index contributed by atoms with van der Waals surface area (Å²) in [5.74, 6) is -1.73. The summed E-state index contributed by atoms with van der Waals surface area (Å²) in [4.78, 5) is 30.4. The van der Waals surface area contributed by atoms with Gasteiger partial charge in [-0.05, 0) is 127 Å². The molecule has 0 spiro atoms. The van der Waals surface area contributed by atoms with Gasteiger partial charge in [-0.1, -0.05) is 25.3 Å². The number of carboxylic acid groups (broad SMARTS) is 2. The average molecular weight is 576 g/mol. The van der Waals surface area contributed by atoms with Gasteiger partial charge >= 0.3 is 11.9 Å². The number of aromatic amines is 2. The molecule has 0 atom stereocenters. The minimum absolute atomic E-state index is 0.000818. The smallest absolute Gasteiger partial charge is 0.303 e. The van der Waals surface area contributed by atoms with Crippen LogP contribution in [0.2, 0.25) is 0 Å². The first-order chi connectivity index (χ1) is 20.4. The second-order valence-corrected chi connectivity index (χ2v) is 11.3. The third kappa shape index (κ3) is 5.23. The Balaban J connectivity index is 1.99. The molecule has 3 aromatic rings. The van der Waals surface area contributed by atoms with Gasteiger partial charge in [0.05, 0.1) is 0 Å². The van der Waals surface area contributed by atoms with Gasteiger partial charge in [0.1, 0.15) is 0 Å². The third-order valence-electron chi connectivity index (χ3n) is 8.79. The molecule has 0 amide bonds. The summed E-state index contributed by atoms with van der Waals surface area (Å²) in [5.41, 5.74) is 22.1. The van der Waals surface area contributed by atoms with E-state index in [-0.39, 0.29) is 12.8 Å². The van der Waals surface area contributed by atoms with Crippen LogP contribution in [0.25, 0.3) is 46.0 Å². The van der Waals surface area contributed by atoms with Crippen molar-refractivity contribution >= 4 is 57.9 Å². The van der Waals surface area contributed by atoms with Crippen LogP contribution in [0.15, 0.2) is 54.3 Å². The summed E-state index contributed by atoms with van der Waals surface area (Å²) < 4.78 is 0. The lowest BCUT2D eigenvalue weighted by molar-refractivity contribution is -0.137. The number of allylic oxidation sites excluding steroid dienone is 5. The normalized spacial score (nSPS) is 15.4. The fraction of sp³-hybridized carbons (Fsp3) is 0.222. The van der Waals surface area contributed by atoms with Crippen molar-refractivity contribution in [3.05, 3.63) is 105 Å². The number of aryl methyl sites for hydroxylation is 2. The fourth-order valence-electron chi connectivity index (χ4n) is 6.34. The van der Waals surface area contributed by atoms with E-state index < -0.39 is 11.9 Å². The highest BCUT2D eigenvalue weighted by atomic mass is 16.4. The van der Waals surface area contributed by atoms with Gasteiger partial charge in [0.15, 0.2) is 0 Å². The lowest BCUT2D eigenvalue weighted by atomic mass is 9.94. The Bertz CT molecular complexity index is 1900. The van der Waals surface area contributed by atoms with E-state index in [0.717, 1.165) is 89.2 Å². The van der Waals surface area contributed by atoms with Crippen LogP contribution in [0.4, 0.5) is 0 Å². The first-order valence-corrected chi connectivity index (χ1v) is 14.3. The maximum atomic E-state index is 11.7. The van der Waals surface area contributed by atoms with Crippen LogP contribution in [0.3, 0.4) is 0 Å². The van der Waals surface area contributed by atoms with Crippen molar-refractivity contribution in [3.8, 4) is 0 Å². The molecule has 1 aliphatic heterocycles. The molecular formula is C36H37N3O4. The van der Waals surface area contributed by atoms with Gasteiger partial charge in [-0.3, -0.25) is 9.59 Å². The number of nitrogens with two attached hydrogens (primary N) is 1. The lowest BCUT2D eigenvalue weighted by Gasteiger charge is -2.12. The van der Waals surface area contributed by atoms with Crippen LogP contribution < -0.4 is 5.73 Å². The summed E-state index contributed by atoms with van der Waals surface area (Å²) in [7, 11) is 0. The van der Waals surface area contributed by atoms with Crippen molar-refractivity contribution < 1.29 is 19.8 Å².